The predicted molar refractivity (Wildman–Crippen MR) is 77.5 cm³/mol. The smallest absolute Gasteiger partial charge is 0.421 e. The molecule has 1 aliphatic rings. The summed E-state index contributed by atoms with van der Waals surface area (Å²) in [6.07, 6.45) is 3.76. The SMILES string of the molecule is CCCN(C(=O)O)N1CCC(c2ncccc2C)CC1. The molecule has 0 aliphatic carbocycles. The fourth-order valence-electron chi connectivity index (χ4n) is 2.88. The summed E-state index contributed by atoms with van der Waals surface area (Å²) in [5, 5.41) is 12.7. The van der Waals surface area contributed by atoms with Gasteiger partial charge in [-0.3, -0.25) is 4.98 Å². The number of pyridine rings is 1. The number of carbonyl (C=O) groups is 1. The highest BCUT2D eigenvalue weighted by Crippen LogP contribution is 2.29. The van der Waals surface area contributed by atoms with E-state index in [4.69, 9.17) is 0 Å². The van der Waals surface area contributed by atoms with Crippen LogP contribution < -0.4 is 0 Å². The van der Waals surface area contributed by atoms with Gasteiger partial charge in [0.15, 0.2) is 0 Å². The topological polar surface area (TPSA) is 56.7 Å². The van der Waals surface area contributed by atoms with Crippen molar-refractivity contribution >= 4 is 6.09 Å². The molecule has 1 amide bonds. The minimum Gasteiger partial charge on any atom is -0.464 e. The fraction of sp³-hybridized carbons (Fsp3) is 0.600. The lowest BCUT2D eigenvalue weighted by Crippen LogP contribution is -2.49. The Kier molecular flexibility index (Phi) is 4.95. The number of rotatable bonds is 4. The van der Waals surface area contributed by atoms with Crippen LogP contribution in [0.3, 0.4) is 0 Å². The van der Waals surface area contributed by atoms with Crippen LogP contribution in [-0.2, 0) is 0 Å². The van der Waals surface area contributed by atoms with E-state index in [0.29, 0.717) is 12.5 Å². The quantitative estimate of drug-likeness (QED) is 0.919. The van der Waals surface area contributed by atoms with Gasteiger partial charge < -0.3 is 5.11 Å². The molecular weight excluding hydrogens is 254 g/mol. The third-order valence-corrected chi connectivity index (χ3v) is 3.91. The van der Waals surface area contributed by atoms with Crippen LogP contribution >= 0.6 is 0 Å². The molecule has 0 aromatic carbocycles. The van der Waals surface area contributed by atoms with Gasteiger partial charge in [-0.2, -0.15) is 0 Å². The van der Waals surface area contributed by atoms with Crippen LogP contribution in [0.4, 0.5) is 4.79 Å². The fourth-order valence-corrected chi connectivity index (χ4v) is 2.88. The zero-order valence-electron chi connectivity index (χ0n) is 12.2. The summed E-state index contributed by atoms with van der Waals surface area (Å²) in [6, 6.07) is 4.05. The number of piperidine rings is 1. The van der Waals surface area contributed by atoms with Crippen molar-refractivity contribution in [2.45, 2.75) is 39.0 Å². The second-order valence-electron chi connectivity index (χ2n) is 5.34. The van der Waals surface area contributed by atoms with E-state index < -0.39 is 6.09 Å². The standard InChI is InChI=1S/C15H23N3O2/c1-3-9-18(15(19)20)17-10-6-13(7-11-17)14-12(2)5-4-8-16-14/h4-5,8,13H,3,6-7,9-11H2,1-2H3,(H,19,20). The van der Waals surface area contributed by atoms with E-state index in [-0.39, 0.29) is 0 Å². The van der Waals surface area contributed by atoms with Crippen molar-refractivity contribution in [2.24, 2.45) is 0 Å². The number of hydrogen-bond donors (Lipinski definition) is 1. The van der Waals surface area contributed by atoms with Crippen LogP contribution in [0, 0.1) is 6.92 Å². The molecule has 0 saturated carbocycles. The first-order valence-electron chi connectivity index (χ1n) is 7.30. The molecule has 5 nitrogen and oxygen atoms in total. The highest BCUT2D eigenvalue weighted by atomic mass is 16.4. The van der Waals surface area contributed by atoms with E-state index in [9.17, 15) is 9.90 Å². The first kappa shape index (κ1) is 14.8. The summed E-state index contributed by atoms with van der Waals surface area (Å²) in [5.41, 5.74) is 2.40. The average molecular weight is 277 g/mol. The lowest BCUT2D eigenvalue weighted by atomic mass is 9.91. The second kappa shape index (κ2) is 6.70. The van der Waals surface area contributed by atoms with Gasteiger partial charge in [-0.1, -0.05) is 13.0 Å². The molecule has 0 atom stereocenters. The minimum absolute atomic E-state index is 0.449. The van der Waals surface area contributed by atoms with Crippen molar-refractivity contribution in [3.63, 3.8) is 0 Å². The Bertz CT molecular complexity index is 456. The molecule has 1 aliphatic heterocycles. The molecule has 1 N–H and O–H groups in total. The van der Waals surface area contributed by atoms with Crippen molar-refractivity contribution < 1.29 is 9.90 Å². The van der Waals surface area contributed by atoms with E-state index in [0.717, 1.165) is 32.4 Å². The first-order chi connectivity index (χ1) is 9.63. The molecule has 0 unspecified atom stereocenters. The van der Waals surface area contributed by atoms with E-state index in [2.05, 4.69) is 18.0 Å². The minimum atomic E-state index is -0.848. The number of aryl methyl sites for hydroxylation is 1. The average Bonchev–Trinajstić information content (AvgIpc) is 2.45. The molecule has 1 fully saturated rings. The van der Waals surface area contributed by atoms with Crippen molar-refractivity contribution in [3.8, 4) is 0 Å². The van der Waals surface area contributed by atoms with Gasteiger partial charge in [0.25, 0.3) is 0 Å². The van der Waals surface area contributed by atoms with Crippen molar-refractivity contribution in [3.05, 3.63) is 29.6 Å². The van der Waals surface area contributed by atoms with Gasteiger partial charge in [-0.25, -0.2) is 14.8 Å². The van der Waals surface area contributed by atoms with Gasteiger partial charge in [0.1, 0.15) is 0 Å². The molecule has 2 rings (SSSR count). The number of hydrazine groups is 1. The van der Waals surface area contributed by atoms with E-state index in [1.54, 1.807) is 0 Å². The van der Waals surface area contributed by atoms with Gasteiger partial charge in [-0.05, 0) is 37.8 Å². The van der Waals surface area contributed by atoms with Crippen molar-refractivity contribution in [2.75, 3.05) is 19.6 Å². The van der Waals surface area contributed by atoms with Crippen LogP contribution in [0.15, 0.2) is 18.3 Å². The van der Waals surface area contributed by atoms with Crippen molar-refractivity contribution in [1.29, 1.82) is 0 Å². The Morgan fingerprint density at radius 2 is 2.20 bits per heavy atom. The molecule has 0 bridgehead atoms. The summed E-state index contributed by atoms with van der Waals surface area (Å²) >= 11 is 0. The van der Waals surface area contributed by atoms with Crippen LogP contribution in [0.5, 0.6) is 0 Å². The summed E-state index contributed by atoms with van der Waals surface area (Å²) < 4.78 is 0. The number of carboxylic acid groups (broad SMARTS) is 1. The second-order valence-corrected chi connectivity index (χ2v) is 5.34. The van der Waals surface area contributed by atoms with Crippen LogP contribution in [0.2, 0.25) is 0 Å². The van der Waals surface area contributed by atoms with Crippen LogP contribution in [0.25, 0.3) is 0 Å². The summed E-state index contributed by atoms with van der Waals surface area (Å²) in [7, 11) is 0. The summed E-state index contributed by atoms with van der Waals surface area (Å²) in [4.78, 5) is 15.8. The van der Waals surface area contributed by atoms with Crippen LogP contribution in [0.1, 0.15) is 43.4 Å². The molecule has 0 spiro atoms. The van der Waals surface area contributed by atoms with Gasteiger partial charge in [0, 0.05) is 37.4 Å². The molecular formula is C15H23N3O2. The van der Waals surface area contributed by atoms with E-state index in [1.165, 1.54) is 16.3 Å². The molecule has 0 radical (unpaired) electrons. The molecule has 5 heteroatoms. The van der Waals surface area contributed by atoms with Gasteiger partial charge in [0.05, 0.1) is 0 Å². The third kappa shape index (κ3) is 3.28. The predicted octanol–water partition coefficient (Wildman–Crippen LogP) is 2.87. The normalized spacial score (nSPS) is 17.1. The highest BCUT2D eigenvalue weighted by molar-refractivity contribution is 5.64. The monoisotopic (exact) mass is 277 g/mol. The van der Waals surface area contributed by atoms with Gasteiger partial charge >= 0.3 is 6.09 Å². The highest BCUT2D eigenvalue weighted by Gasteiger charge is 2.27. The number of nitrogens with zero attached hydrogens (tertiary/aromatic N) is 3. The number of aromatic nitrogens is 1. The first-order valence-corrected chi connectivity index (χ1v) is 7.30. The van der Waals surface area contributed by atoms with Gasteiger partial charge in [-0.15, -0.1) is 0 Å². The zero-order valence-corrected chi connectivity index (χ0v) is 12.2. The lowest BCUT2D eigenvalue weighted by molar-refractivity contribution is -0.0258. The molecule has 110 valence electrons. The Labute approximate surface area is 120 Å². The largest absolute Gasteiger partial charge is 0.464 e. The Morgan fingerprint density at radius 3 is 2.75 bits per heavy atom. The molecule has 1 aromatic heterocycles. The zero-order chi connectivity index (χ0) is 14.5. The number of hydrogen-bond acceptors (Lipinski definition) is 3. The summed E-state index contributed by atoms with van der Waals surface area (Å²) in [6.45, 7) is 6.23. The lowest BCUT2D eigenvalue weighted by Gasteiger charge is -2.38. The molecule has 1 aromatic rings. The Morgan fingerprint density at radius 1 is 1.50 bits per heavy atom. The maximum Gasteiger partial charge on any atom is 0.421 e. The Hall–Kier alpha value is -1.62. The number of amides is 1. The Balaban J connectivity index is 1.98. The maximum absolute atomic E-state index is 11.3. The molecule has 1 saturated heterocycles. The summed E-state index contributed by atoms with van der Waals surface area (Å²) in [5.74, 6) is 0.449. The molecule has 2 heterocycles. The van der Waals surface area contributed by atoms with Gasteiger partial charge in [0.2, 0.25) is 0 Å². The molecule has 20 heavy (non-hydrogen) atoms. The van der Waals surface area contributed by atoms with E-state index >= 15 is 0 Å². The van der Waals surface area contributed by atoms with Crippen LogP contribution in [-0.4, -0.2) is 45.8 Å². The third-order valence-electron chi connectivity index (χ3n) is 3.91. The maximum atomic E-state index is 11.3. The van der Waals surface area contributed by atoms with Crippen molar-refractivity contribution in [1.82, 2.24) is 15.0 Å². The van der Waals surface area contributed by atoms with E-state index in [1.807, 2.05) is 24.2 Å².